The molecule has 0 saturated heterocycles. The first kappa shape index (κ1) is 18.5. The van der Waals surface area contributed by atoms with Gasteiger partial charge in [-0.25, -0.2) is 9.59 Å². The number of aliphatic carboxylic acids is 1. The Kier molecular flexibility index (Phi) is 5.45. The third-order valence-corrected chi connectivity index (χ3v) is 2.47. The van der Waals surface area contributed by atoms with Crippen LogP contribution in [0.25, 0.3) is 0 Å². The molecule has 0 spiro atoms. The van der Waals surface area contributed by atoms with Crippen LogP contribution in [0.15, 0.2) is 0 Å². The maximum absolute atomic E-state index is 12.7. The van der Waals surface area contributed by atoms with Gasteiger partial charge in [0.25, 0.3) is 0 Å². The molecule has 1 atom stereocenters. The van der Waals surface area contributed by atoms with Crippen LogP contribution >= 0.6 is 0 Å². The molecule has 0 saturated carbocycles. The fraction of sp³-hybridized carbons (Fsp3) is 0.833. The second kappa shape index (κ2) is 5.88. The first-order valence-electron chi connectivity index (χ1n) is 5.95. The smallest absolute Gasteiger partial charge is 0.408 e. The molecule has 0 aliphatic heterocycles. The topological polar surface area (TPSA) is 75.6 Å². The van der Waals surface area contributed by atoms with E-state index in [9.17, 15) is 22.8 Å². The molecule has 0 aromatic carbocycles. The molecule has 0 fully saturated rings. The van der Waals surface area contributed by atoms with Gasteiger partial charge in [0.15, 0.2) is 0 Å². The van der Waals surface area contributed by atoms with Crippen LogP contribution in [0.5, 0.6) is 0 Å². The lowest BCUT2D eigenvalue weighted by atomic mass is 9.85. The molecule has 20 heavy (non-hydrogen) atoms. The average Bonchev–Trinajstić information content (AvgIpc) is 2.10. The van der Waals surface area contributed by atoms with Gasteiger partial charge in [-0.2, -0.15) is 13.2 Å². The van der Waals surface area contributed by atoms with Crippen LogP contribution in [-0.4, -0.2) is 35.0 Å². The number of halogens is 3. The van der Waals surface area contributed by atoms with Crippen molar-refractivity contribution < 1.29 is 32.6 Å². The average molecular weight is 299 g/mol. The summed E-state index contributed by atoms with van der Waals surface area (Å²) in [7, 11) is 0. The predicted octanol–water partition coefficient (Wildman–Crippen LogP) is 2.94. The second-order valence-corrected chi connectivity index (χ2v) is 6.12. The first-order chi connectivity index (χ1) is 8.66. The molecule has 0 bridgehead atoms. The summed E-state index contributed by atoms with van der Waals surface area (Å²) in [4.78, 5) is 22.4. The molecule has 2 N–H and O–H groups in total. The number of rotatable bonds is 4. The maximum Gasteiger partial charge on any atom is 0.408 e. The van der Waals surface area contributed by atoms with E-state index in [1.54, 1.807) is 20.8 Å². The van der Waals surface area contributed by atoms with Gasteiger partial charge < -0.3 is 15.2 Å². The number of alkyl halides is 3. The summed E-state index contributed by atoms with van der Waals surface area (Å²) in [5, 5.41) is 10.9. The van der Waals surface area contributed by atoms with Gasteiger partial charge in [0.2, 0.25) is 0 Å². The van der Waals surface area contributed by atoms with Crippen molar-refractivity contribution >= 4 is 12.1 Å². The number of carbonyl (C=O) groups excluding carboxylic acids is 1. The van der Waals surface area contributed by atoms with Crippen LogP contribution in [0.2, 0.25) is 0 Å². The molecule has 8 heteroatoms. The fourth-order valence-corrected chi connectivity index (χ4v) is 1.28. The Morgan fingerprint density at radius 3 is 1.90 bits per heavy atom. The quantitative estimate of drug-likeness (QED) is 0.837. The fourth-order valence-electron chi connectivity index (χ4n) is 1.28. The van der Waals surface area contributed by atoms with Gasteiger partial charge in [0.1, 0.15) is 11.6 Å². The van der Waals surface area contributed by atoms with E-state index in [0.717, 1.165) is 13.8 Å². The zero-order chi connectivity index (χ0) is 16.4. The standard InChI is InChI=1S/C12H20F3NO4/c1-10(2,3)20-9(19)16-7(8(17)18)6-11(4,5)12(13,14)15/h7H,6H2,1-5H3,(H,16,19)(H,17,18)/t7-/m0/s1. The minimum Gasteiger partial charge on any atom is -0.480 e. The number of alkyl carbamates (subject to hydrolysis) is 1. The second-order valence-electron chi connectivity index (χ2n) is 6.12. The zero-order valence-electron chi connectivity index (χ0n) is 12.1. The van der Waals surface area contributed by atoms with E-state index in [2.05, 4.69) is 0 Å². The summed E-state index contributed by atoms with van der Waals surface area (Å²) in [5.74, 6) is -1.55. The van der Waals surface area contributed by atoms with Crippen LogP contribution in [-0.2, 0) is 9.53 Å². The minimum absolute atomic E-state index is 0.787. The SMILES string of the molecule is CC(C)(C)OC(=O)N[C@@H](CC(C)(C)C(F)(F)F)C(=O)O. The Bertz CT molecular complexity index is 372. The van der Waals surface area contributed by atoms with Gasteiger partial charge in [-0.15, -0.1) is 0 Å². The molecule has 0 radical (unpaired) electrons. The van der Waals surface area contributed by atoms with Gasteiger partial charge >= 0.3 is 18.2 Å². The van der Waals surface area contributed by atoms with Crippen molar-refractivity contribution in [1.29, 1.82) is 0 Å². The Balaban J connectivity index is 4.86. The number of carbonyl (C=O) groups is 2. The zero-order valence-corrected chi connectivity index (χ0v) is 12.1. The predicted molar refractivity (Wildman–Crippen MR) is 65.2 cm³/mol. The van der Waals surface area contributed by atoms with E-state index in [-0.39, 0.29) is 0 Å². The van der Waals surface area contributed by atoms with Crippen molar-refractivity contribution in [2.24, 2.45) is 5.41 Å². The molecule has 0 aliphatic rings. The molecule has 0 aromatic heterocycles. The summed E-state index contributed by atoms with van der Waals surface area (Å²) >= 11 is 0. The molecule has 0 heterocycles. The molecular weight excluding hydrogens is 279 g/mol. The van der Waals surface area contributed by atoms with Crippen LogP contribution in [0, 0.1) is 5.41 Å². The van der Waals surface area contributed by atoms with Crippen molar-refractivity contribution in [2.75, 3.05) is 0 Å². The van der Waals surface area contributed by atoms with E-state index < -0.39 is 41.7 Å². The number of hydrogen-bond donors (Lipinski definition) is 2. The molecule has 0 rings (SSSR count). The summed E-state index contributed by atoms with van der Waals surface area (Å²) in [5.41, 5.74) is -3.11. The highest BCUT2D eigenvalue weighted by atomic mass is 19.4. The molecule has 1 amide bonds. The van der Waals surface area contributed by atoms with E-state index in [1.807, 2.05) is 5.32 Å². The van der Waals surface area contributed by atoms with E-state index in [4.69, 9.17) is 9.84 Å². The Morgan fingerprint density at radius 2 is 1.60 bits per heavy atom. The highest BCUT2D eigenvalue weighted by molar-refractivity contribution is 5.80. The van der Waals surface area contributed by atoms with Gasteiger partial charge in [0, 0.05) is 0 Å². The van der Waals surface area contributed by atoms with Crippen molar-refractivity contribution in [3.05, 3.63) is 0 Å². The lowest BCUT2D eigenvalue weighted by Gasteiger charge is -2.30. The number of carboxylic acids is 1. The lowest BCUT2D eigenvalue weighted by molar-refractivity contribution is -0.215. The third kappa shape index (κ3) is 6.12. The Labute approximate surface area is 115 Å². The molecule has 0 unspecified atom stereocenters. The highest BCUT2D eigenvalue weighted by Gasteiger charge is 2.49. The third-order valence-electron chi connectivity index (χ3n) is 2.47. The molecule has 118 valence electrons. The van der Waals surface area contributed by atoms with Gasteiger partial charge in [-0.05, 0) is 27.2 Å². The maximum atomic E-state index is 12.7. The first-order valence-corrected chi connectivity index (χ1v) is 5.95. The van der Waals surface area contributed by atoms with Gasteiger partial charge in [-0.1, -0.05) is 13.8 Å². The van der Waals surface area contributed by atoms with Crippen LogP contribution in [0.3, 0.4) is 0 Å². The van der Waals surface area contributed by atoms with E-state index >= 15 is 0 Å². The molecular formula is C12H20F3NO4. The molecule has 5 nitrogen and oxygen atoms in total. The summed E-state index contributed by atoms with van der Waals surface area (Å²) in [6.07, 6.45) is -6.43. The number of nitrogens with one attached hydrogen (secondary N) is 1. The summed E-state index contributed by atoms with van der Waals surface area (Å²) < 4.78 is 43.0. The Morgan fingerprint density at radius 1 is 1.15 bits per heavy atom. The Hall–Kier alpha value is -1.47. The van der Waals surface area contributed by atoms with Crippen molar-refractivity contribution in [3.8, 4) is 0 Å². The van der Waals surface area contributed by atoms with Crippen molar-refractivity contribution in [3.63, 3.8) is 0 Å². The number of ether oxygens (including phenoxy) is 1. The normalized spacial score (nSPS) is 14.6. The molecule has 0 aliphatic carbocycles. The van der Waals surface area contributed by atoms with Crippen molar-refractivity contribution in [2.45, 2.75) is 58.9 Å². The monoisotopic (exact) mass is 299 g/mol. The largest absolute Gasteiger partial charge is 0.480 e. The van der Waals surface area contributed by atoms with E-state index in [0.29, 0.717) is 0 Å². The highest BCUT2D eigenvalue weighted by Crippen LogP contribution is 2.41. The minimum atomic E-state index is -4.57. The number of carboxylic acid groups (broad SMARTS) is 1. The van der Waals surface area contributed by atoms with Gasteiger partial charge in [-0.3, -0.25) is 0 Å². The van der Waals surface area contributed by atoms with Crippen LogP contribution < -0.4 is 5.32 Å². The summed E-state index contributed by atoms with van der Waals surface area (Å²) in [6, 6.07) is -1.68. The van der Waals surface area contributed by atoms with E-state index in [1.165, 1.54) is 0 Å². The van der Waals surface area contributed by atoms with Crippen molar-refractivity contribution in [1.82, 2.24) is 5.32 Å². The number of hydrogen-bond acceptors (Lipinski definition) is 3. The van der Waals surface area contributed by atoms with Crippen LogP contribution in [0.4, 0.5) is 18.0 Å². The summed E-state index contributed by atoms with van der Waals surface area (Å²) in [6.45, 7) is 6.42. The van der Waals surface area contributed by atoms with Crippen LogP contribution in [0.1, 0.15) is 41.0 Å². The molecule has 0 aromatic rings. The number of amides is 1. The van der Waals surface area contributed by atoms with Gasteiger partial charge in [0.05, 0.1) is 5.41 Å². The lowest BCUT2D eigenvalue weighted by Crippen LogP contribution is -2.48.